The number of hydrogen-bond donors (Lipinski definition) is 4. The van der Waals surface area contributed by atoms with Crippen molar-refractivity contribution in [3.63, 3.8) is 0 Å². The highest BCUT2D eigenvalue weighted by Crippen LogP contribution is 2.25. The molecule has 0 bridgehead atoms. The molecule has 78 valence electrons. The van der Waals surface area contributed by atoms with Gasteiger partial charge < -0.3 is 9.79 Å². The molecule has 0 spiro atoms. The molecule has 6 heteroatoms. The van der Waals surface area contributed by atoms with Gasteiger partial charge in [0, 0.05) is 6.04 Å². The highest BCUT2D eigenvalue weighted by atomic mass is 31.2. The fourth-order valence-corrected chi connectivity index (χ4v) is 1.90. The summed E-state index contributed by atoms with van der Waals surface area (Å²) in [5.41, 5.74) is 5.47. The molecule has 0 aromatic heterocycles. The van der Waals surface area contributed by atoms with E-state index in [1.807, 2.05) is 0 Å². The van der Waals surface area contributed by atoms with Crippen LogP contribution in [0.2, 0.25) is 0 Å². The summed E-state index contributed by atoms with van der Waals surface area (Å²) in [5, 5.41) is 3.00. The van der Waals surface area contributed by atoms with Gasteiger partial charge in [-0.3, -0.25) is 15.6 Å². The summed E-state index contributed by atoms with van der Waals surface area (Å²) >= 11 is 0. The van der Waals surface area contributed by atoms with E-state index in [9.17, 15) is 0 Å². The summed E-state index contributed by atoms with van der Waals surface area (Å²) in [6, 6.07) is 0.360. The second-order valence-corrected chi connectivity index (χ2v) is 4.00. The van der Waals surface area contributed by atoms with E-state index < -0.39 is 15.0 Å². The molecule has 0 radical (unpaired) electrons. The summed E-state index contributed by atoms with van der Waals surface area (Å²) in [6.07, 6.45) is 5.11. The largest absolute Gasteiger partial charge is 0.329 e. The summed E-state index contributed by atoms with van der Waals surface area (Å²) in [6.45, 7) is 0. The zero-order valence-corrected chi connectivity index (χ0v) is 8.41. The highest BCUT2D eigenvalue weighted by molar-refractivity contribution is 7.39. The van der Waals surface area contributed by atoms with E-state index in [4.69, 9.17) is 15.5 Å². The molecular formula is C7H17N2O3P. The van der Waals surface area contributed by atoms with Gasteiger partial charge >= 0.3 is 8.60 Å². The molecule has 1 aliphatic rings. The van der Waals surface area contributed by atoms with Crippen molar-refractivity contribution >= 4 is 8.60 Å². The lowest BCUT2D eigenvalue weighted by atomic mass is 9.96. The number of nitrogens with one attached hydrogen (secondary N) is 1. The van der Waals surface area contributed by atoms with Gasteiger partial charge in [0.25, 0.3) is 0 Å². The van der Waals surface area contributed by atoms with E-state index in [0.717, 1.165) is 12.8 Å². The summed E-state index contributed by atoms with van der Waals surface area (Å²) < 4.78 is 4.60. The summed E-state index contributed by atoms with van der Waals surface area (Å²) in [4.78, 5) is 17.1. The normalized spacial score (nSPS) is 22.2. The first-order valence-electron chi connectivity index (χ1n) is 4.55. The third-order valence-corrected chi connectivity index (χ3v) is 2.63. The van der Waals surface area contributed by atoms with Crippen LogP contribution in [0.1, 0.15) is 32.1 Å². The lowest BCUT2D eigenvalue weighted by molar-refractivity contribution is 0.124. The Kier molecular flexibility index (Phi) is 5.09. The first kappa shape index (κ1) is 11.3. The molecule has 0 aromatic rings. The number of nitrogens with two attached hydrogens (primary N) is 1. The Morgan fingerprint density at radius 1 is 1.31 bits per heavy atom. The Morgan fingerprint density at radius 2 is 1.92 bits per heavy atom. The second-order valence-electron chi connectivity index (χ2n) is 3.28. The average molecular weight is 208 g/mol. The van der Waals surface area contributed by atoms with Crippen LogP contribution >= 0.6 is 8.60 Å². The molecule has 5 nitrogen and oxygen atoms in total. The number of hydrogen-bond acceptors (Lipinski definition) is 5. The average Bonchev–Trinajstić information content (AvgIpc) is 2.04. The lowest BCUT2D eigenvalue weighted by Crippen LogP contribution is -2.45. The van der Waals surface area contributed by atoms with Gasteiger partial charge in [-0.2, -0.15) is 0 Å². The molecule has 0 heterocycles. The van der Waals surface area contributed by atoms with E-state index >= 15 is 0 Å². The van der Waals surface area contributed by atoms with Crippen molar-refractivity contribution in [1.82, 2.24) is 5.32 Å². The van der Waals surface area contributed by atoms with Crippen molar-refractivity contribution < 1.29 is 14.3 Å². The van der Waals surface area contributed by atoms with E-state index in [-0.39, 0.29) is 0 Å². The van der Waals surface area contributed by atoms with Gasteiger partial charge in [0.1, 0.15) is 0 Å². The van der Waals surface area contributed by atoms with Crippen molar-refractivity contribution in [2.45, 2.75) is 44.5 Å². The van der Waals surface area contributed by atoms with Gasteiger partial charge in [-0.05, 0) is 12.8 Å². The van der Waals surface area contributed by atoms with Crippen LogP contribution in [0.3, 0.4) is 0 Å². The molecule has 1 aliphatic carbocycles. The standard InChI is InChI=1S/C7H17N2O3P/c8-7(12-13(10)11)9-6-4-2-1-3-5-6/h6-7,9-11H,1-5,8H2/t7-/m1/s1. The van der Waals surface area contributed by atoms with Crippen molar-refractivity contribution in [2.24, 2.45) is 5.73 Å². The second kappa shape index (κ2) is 5.86. The van der Waals surface area contributed by atoms with E-state index in [1.54, 1.807) is 0 Å². The minimum Gasteiger partial charge on any atom is -0.328 e. The van der Waals surface area contributed by atoms with Gasteiger partial charge in [-0.25, -0.2) is 0 Å². The number of rotatable bonds is 4. The van der Waals surface area contributed by atoms with Crippen molar-refractivity contribution in [1.29, 1.82) is 0 Å². The first-order valence-corrected chi connectivity index (χ1v) is 5.71. The molecule has 0 saturated heterocycles. The molecule has 5 N–H and O–H groups in total. The van der Waals surface area contributed by atoms with Gasteiger partial charge in [0.2, 0.25) is 0 Å². The predicted molar refractivity (Wildman–Crippen MR) is 50.4 cm³/mol. The Hall–Kier alpha value is 0.230. The Balaban J connectivity index is 2.14. The summed E-state index contributed by atoms with van der Waals surface area (Å²) in [5.74, 6) is 0. The maximum atomic E-state index is 8.53. The topological polar surface area (TPSA) is 87.7 Å². The maximum Gasteiger partial charge on any atom is 0.329 e. The van der Waals surface area contributed by atoms with Crippen LogP contribution in [0.15, 0.2) is 0 Å². The minimum absolute atomic E-state index is 0.360. The van der Waals surface area contributed by atoms with Crippen LogP contribution in [-0.2, 0) is 4.52 Å². The van der Waals surface area contributed by atoms with Crippen molar-refractivity contribution in [3.05, 3.63) is 0 Å². The zero-order valence-electron chi connectivity index (χ0n) is 7.52. The molecule has 0 unspecified atom stereocenters. The Morgan fingerprint density at radius 3 is 2.46 bits per heavy atom. The van der Waals surface area contributed by atoms with Gasteiger partial charge in [0.05, 0.1) is 0 Å². The highest BCUT2D eigenvalue weighted by Gasteiger charge is 2.17. The molecule has 0 amide bonds. The van der Waals surface area contributed by atoms with E-state index in [2.05, 4.69) is 9.84 Å². The maximum absolute atomic E-state index is 8.53. The molecule has 1 rings (SSSR count). The first-order chi connectivity index (χ1) is 6.18. The van der Waals surface area contributed by atoms with Gasteiger partial charge in [-0.1, -0.05) is 19.3 Å². The smallest absolute Gasteiger partial charge is 0.328 e. The van der Waals surface area contributed by atoms with Gasteiger partial charge in [0.15, 0.2) is 6.35 Å². The van der Waals surface area contributed by atoms with E-state index in [1.165, 1.54) is 19.3 Å². The minimum atomic E-state index is -2.35. The Labute approximate surface area is 79.3 Å². The van der Waals surface area contributed by atoms with Crippen LogP contribution in [0, 0.1) is 0 Å². The van der Waals surface area contributed by atoms with Crippen LogP contribution < -0.4 is 11.1 Å². The van der Waals surface area contributed by atoms with Crippen LogP contribution in [0.5, 0.6) is 0 Å². The fraction of sp³-hybridized carbons (Fsp3) is 1.00. The van der Waals surface area contributed by atoms with E-state index in [0.29, 0.717) is 6.04 Å². The predicted octanol–water partition coefficient (Wildman–Crippen LogP) is 0.379. The zero-order chi connectivity index (χ0) is 9.68. The molecular weight excluding hydrogens is 191 g/mol. The molecule has 0 aromatic carbocycles. The van der Waals surface area contributed by atoms with Crippen LogP contribution in [-0.4, -0.2) is 22.2 Å². The molecule has 1 atom stereocenters. The molecule has 0 aliphatic heterocycles. The third-order valence-electron chi connectivity index (χ3n) is 2.21. The fourth-order valence-electron chi connectivity index (χ4n) is 1.63. The lowest BCUT2D eigenvalue weighted by Gasteiger charge is -2.26. The quantitative estimate of drug-likeness (QED) is 0.396. The van der Waals surface area contributed by atoms with Crippen LogP contribution in [0.25, 0.3) is 0 Å². The Bertz CT molecular complexity index is 142. The van der Waals surface area contributed by atoms with Gasteiger partial charge in [-0.15, -0.1) is 0 Å². The third kappa shape index (κ3) is 4.86. The summed E-state index contributed by atoms with van der Waals surface area (Å²) in [7, 11) is -2.35. The monoisotopic (exact) mass is 208 g/mol. The molecule has 13 heavy (non-hydrogen) atoms. The van der Waals surface area contributed by atoms with Crippen LogP contribution in [0.4, 0.5) is 0 Å². The molecule has 1 saturated carbocycles. The SMILES string of the molecule is N[C@H](NC1CCCCC1)OP(O)O. The van der Waals surface area contributed by atoms with Crippen molar-refractivity contribution in [2.75, 3.05) is 0 Å². The van der Waals surface area contributed by atoms with Crippen molar-refractivity contribution in [3.8, 4) is 0 Å². The molecule has 1 fully saturated rings.